The fourth-order valence-electron chi connectivity index (χ4n) is 2.46. The zero-order valence-corrected chi connectivity index (χ0v) is 19.8. The molecule has 0 radical (unpaired) electrons. The number of nitrogens with one attached hydrogen (secondary N) is 3. The van der Waals surface area contributed by atoms with Crippen LogP contribution in [0.15, 0.2) is 53.5 Å². The summed E-state index contributed by atoms with van der Waals surface area (Å²) in [5.74, 6) is 0.588. The average molecular weight is 515 g/mol. The van der Waals surface area contributed by atoms with Crippen LogP contribution in [-0.4, -0.2) is 24.5 Å². The van der Waals surface area contributed by atoms with E-state index < -0.39 is 0 Å². The van der Waals surface area contributed by atoms with Gasteiger partial charge in [0.2, 0.25) is 0 Å². The summed E-state index contributed by atoms with van der Waals surface area (Å²) in [6.07, 6.45) is 0. The maximum atomic E-state index is 12.3. The molecule has 0 heterocycles. The van der Waals surface area contributed by atoms with Crippen molar-refractivity contribution in [3.8, 4) is 0 Å². The van der Waals surface area contributed by atoms with Gasteiger partial charge >= 0.3 is 0 Å². The molecule has 0 spiro atoms. The molecule has 2 rings (SSSR count). The second-order valence-electron chi connectivity index (χ2n) is 7.28. The number of carbonyl (C=O) groups is 1. The number of halogens is 2. The smallest absolute Gasteiger partial charge is 0.251 e. The number of carbonyl (C=O) groups excluding carboxylic acids is 1. The summed E-state index contributed by atoms with van der Waals surface area (Å²) in [4.78, 5) is 16.5. The summed E-state index contributed by atoms with van der Waals surface area (Å²) in [7, 11) is 1.72. The van der Waals surface area contributed by atoms with Crippen molar-refractivity contribution in [2.45, 2.75) is 39.4 Å². The molecule has 2 aromatic carbocycles. The Kier molecular flexibility index (Phi) is 9.75. The molecule has 0 aliphatic rings. The van der Waals surface area contributed by atoms with Crippen LogP contribution in [0.2, 0.25) is 5.02 Å². The quantitative estimate of drug-likeness (QED) is 0.316. The van der Waals surface area contributed by atoms with Crippen molar-refractivity contribution >= 4 is 47.4 Å². The number of hydrogen-bond acceptors (Lipinski definition) is 2. The molecule has 0 aliphatic heterocycles. The molecule has 1 amide bonds. The first-order valence-electron chi connectivity index (χ1n) is 8.88. The first kappa shape index (κ1) is 24.2. The molecule has 0 bridgehead atoms. The van der Waals surface area contributed by atoms with Crippen molar-refractivity contribution in [1.82, 2.24) is 16.0 Å². The number of aliphatic imine (C=N–C) groups is 1. The monoisotopic (exact) mass is 514 g/mol. The summed E-state index contributed by atoms with van der Waals surface area (Å²) >= 11 is 6.18. The molecule has 0 atom stereocenters. The Morgan fingerprint density at radius 2 is 1.71 bits per heavy atom. The van der Waals surface area contributed by atoms with Gasteiger partial charge in [-0.3, -0.25) is 9.79 Å². The Bertz CT molecular complexity index is 818. The Labute approximate surface area is 189 Å². The van der Waals surface area contributed by atoms with Gasteiger partial charge in [-0.25, -0.2) is 0 Å². The van der Waals surface area contributed by atoms with Crippen LogP contribution in [0.3, 0.4) is 0 Å². The predicted molar refractivity (Wildman–Crippen MR) is 128 cm³/mol. The molecule has 0 saturated carbocycles. The highest BCUT2D eigenvalue weighted by atomic mass is 127. The first-order valence-corrected chi connectivity index (χ1v) is 9.25. The molecule has 3 N–H and O–H groups in total. The minimum atomic E-state index is -0.268. The lowest BCUT2D eigenvalue weighted by molar-refractivity contribution is 0.0919. The SMILES string of the molecule is CN=C(NCc1cccc(C(=O)NC(C)(C)C)c1)NCc1ccccc1Cl.I. The van der Waals surface area contributed by atoms with Crippen molar-refractivity contribution in [2.24, 2.45) is 4.99 Å². The second-order valence-corrected chi connectivity index (χ2v) is 7.68. The van der Waals surface area contributed by atoms with E-state index in [9.17, 15) is 4.79 Å². The fourth-order valence-corrected chi connectivity index (χ4v) is 2.66. The third-order valence-electron chi connectivity index (χ3n) is 3.77. The lowest BCUT2D eigenvalue weighted by atomic mass is 10.1. The van der Waals surface area contributed by atoms with Crippen LogP contribution in [-0.2, 0) is 13.1 Å². The summed E-state index contributed by atoms with van der Waals surface area (Å²) < 4.78 is 0. The topological polar surface area (TPSA) is 65.5 Å². The van der Waals surface area contributed by atoms with Gasteiger partial charge in [-0.2, -0.15) is 0 Å². The summed E-state index contributed by atoms with van der Waals surface area (Å²) in [5.41, 5.74) is 2.37. The van der Waals surface area contributed by atoms with Gasteiger partial charge in [-0.05, 0) is 50.1 Å². The molecule has 28 heavy (non-hydrogen) atoms. The van der Waals surface area contributed by atoms with Crippen LogP contribution < -0.4 is 16.0 Å². The Balaban J connectivity index is 0.00000392. The number of nitrogens with zero attached hydrogens (tertiary/aromatic N) is 1. The number of amides is 1. The highest BCUT2D eigenvalue weighted by Gasteiger charge is 2.15. The molecule has 0 aliphatic carbocycles. The van der Waals surface area contributed by atoms with Gasteiger partial charge in [0.1, 0.15) is 0 Å². The average Bonchev–Trinajstić information content (AvgIpc) is 2.62. The van der Waals surface area contributed by atoms with Crippen molar-refractivity contribution in [3.63, 3.8) is 0 Å². The third kappa shape index (κ3) is 8.06. The van der Waals surface area contributed by atoms with E-state index in [0.717, 1.165) is 16.1 Å². The van der Waals surface area contributed by atoms with E-state index in [1.807, 2.05) is 69.3 Å². The molecular weight excluding hydrogens is 487 g/mol. The number of hydrogen-bond donors (Lipinski definition) is 3. The molecule has 7 heteroatoms. The van der Waals surface area contributed by atoms with Crippen LogP contribution >= 0.6 is 35.6 Å². The van der Waals surface area contributed by atoms with E-state index in [1.165, 1.54) is 0 Å². The van der Waals surface area contributed by atoms with Gasteiger partial charge in [0.15, 0.2) is 5.96 Å². The van der Waals surface area contributed by atoms with Gasteiger partial charge in [0.25, 0.3) is 5.91 Å². The minimum absolute atomic E-state index is 0. The van der Waals surface area contributed by atoms with Crippen LogP contribution in [0.25, 0.3) is 0 Å². The van der Waals surface area contributed by atoms with Crippen LogP contribution in [0.1, 0.15) is 42.3 Å². The Hall–Kier alpha value is -1.80. The molecule has 5 nitrogen and oxygen atoms in total. The van der Waals surface area contributed by atoms with Crippen LogP contribution in [0.4, 0.5) is 0 Å². The van der Waals surface area contributed by atoms with E-state index in [2.05, 4.69) is 20.9 Å². The highest BCUT2D eigenvalue weighted by Crippen LogP contribution is 2.14. The van der Waals surface area contributed by atoms with Crippen molar-refractivity contribution in [1.29, 1.82) is 0 Å². The first-order chi connectivity index (χ1) is 12.8. The number of rotatable bonds is 5. The maximum Gasteiger partial charge on any atom is 0.251 e. The lowest BCUT2D eigenvalue weighted by Gasteiger charge is -2.20. The van der Waals surface area contributed by atoms with E-state index in [-0.39, 0.29) is 35.4 Å². The van der Waals surface area contributed by atoms with E-state index in [4.69, 9.17) is 11.6 Å². The maximum absolute atomic E-state index is 12.3. The minimum Gasteiger partial charge on any atom is -0.352 e. The zero-order chi connectivity index (χ0) is 19.9. The van der Waals surface area contributed by atoms with Gasteiger partial charge < -0.3 is 16.0 Å². The van der Waals surface area contributed by atoms with Gasteiger partial charge in [-0.15, -0.1) is 24.0 Å². The zero-order valence-electron chi connectivity index (χ0n) is 16.7. The van der Waals surface area contributed by atoms with Crippen LogP contribution in [0.5, 0.6) is 0 Å². The molecule has 0 aromatic heterocycles. The molecule has 0 unspecified atom stereocenters. The molecule has 0 fully saturated rings. The second kappa shape index (κ2) is 11.3. The van der Waals surface area contributed by atoms with Gasteiger partial charge in [0, 0.05) is 36.3 Å². The summed E-state index contributed by atoms with van der Waals surface area (Å²) in [6, 6.07) is 15.2. The Morgan fingerprint density at radius 1 is 1.04 bits per heavy atom. The molecule has 0 saturated heterocycles. The van der Waals surface area contributed by atoms with E-state index in [1.54, 1.807) is 7.05 Å². The van der Waals surface area contributed by atoms with E-state index >= 15 is 0 Å². The van der Waals surface area contributed by atoms with Crippen LogP contribution in [0, 0.1) is 0 Å². The molecular formula is C21H28ClIN4O. The molecule has 152 valence electrons. The largest absolute Gasteiger partial charge is 0.352 e. The van der Waals surface area contributed by atoms with Gasteiger partial charge in [0.05, 0.1) is 0 Å². The van der Waals surface area contributed by atoms with E-state index in [0.29, 0.717) is 24.6 Å². The molecule has 2 aromatic rings. The van der Waals surface area contributed by atoms with Crippen molar-refractivity contribution < 1.29 is 4.79 Å². The Morgan fingerprint density at radius 3 is 2.36 bits per heavy atom. The highest BCUT2D eigenvalue weighted by molar-refractivity contribution is 14.0. The predicted octanol–water partition coefficient (Wildman–Crippen LogP) is 4.35. The summed E-state index contributed by atoms with van der Waals surface area (Å²) in [5, 5.41) is 10.2. The summed E-state index contributed by atoms with van der Waals surface area (Å²) in [6.45, 7) is 7.02. The standard InChI is InChI=1S/C21H27ClN4O.HI/c1-21(2,3)26-19(27)16-10-7-8-15(12-16)13-24-20(23-4)25-14-17-9-5-6-11-18(17)22;/h5-12H,13-14H2,1-4H3,(H,26,27)(H2,23,24,25);1H. The fraction of sp³-hybridized carbons (Fsp3) is 0.333. The number of guanidine groups is 1. The third-order valence-corrected chi connectivity index (χ3v) is 4.13. The van der Waals surface area contributed by atoms with Crippen molar-refractivity contribution in [3.05, 3.63) is 70.2 Å². The normalized spacial score (nSPS) is 11.4. The number of benzene rings is 2. The van der Waals surface area contributed by atoms with Gasteiger partial charge in [-0.1, -0.05) is 41.9 Å². The van der Waals surface area contributed by atoms with Crippen molar-refractivity contribution in [2.75, 3.05) is 7.05 Å². The lowest BCUT2D eigenvalue weighted by Crippen LogP contribution is -2.40.